The zero-order valence-corrected chi connectivity index (χ0v) is 16.1. The Morgan fingerprint density at radius 3 is 2.83 bits per heavy atom. The SMILES string of the molecule is COc1ccccc1Nc1nc(N)nc(CSc2nnc(-c3cccnc3)o2)n1. The van der Waals surface area contributed by atoms with Crippen LogP contribution in [0.4, 0.5) is 17.6 Å². The van der Waals surface area contributed by atoms with Gasteiger partial charge in [0.15, 0.2) is 0 Å². The maximum Gasteiger partial charge on any atom is 0.277 e. The number of ether oxygens (including phenoxy) is 1. The van der Waals surface area contributed by atoms with Crippen LogP contribution in [0.2, 0.25) is 0 Å². The maximum atomic E-state index is 5.83. The number of para-hydroxylation sites is 2. The molecule has 10 nitrogen and oxygen atoms in total. The van der Waals surface area contributed by atoms with E-state index < -0.39 is 0 Å². The van der Waals surface area contributed by atoms with Crippen LogP contribution in [-0.4, -0.2) is 37.2 Å². The van der Waals surface area contributed by atoms with Crippen molar-refractivity contribution in [1.82, 2.24) is 30.1 Å². The Morgan fingerprint density at radius 2 is 2.00 bits per heavy atom. The van der Waals surface area contributed by atoms with Gasteiger partial charge in [-0.05, 0) is 24.3 Å². The summed E-state index contributed by atoms with van der Waals surface area (Å²) in [7, 11) is 1.59. The number of nitrogens with zero attached hydrogens (tertiary/aromatic N) is 6. The van der Waals surface area contributed by atoms with Crippen molar-refractivity contribution in [2.45, 2.75) is 11.0 Å². The number of aromatic nitrogens is 6. The third kappa shape index (κ3) is 4.58. The molecule has 0 amide bonds. The number of nitrogens with one attached hydrogen (secondary N) is 1. The predicted molar refractivity (Wildman–Crippen MR) is 108 cm³/mol. The number of anilines is 3. The Morgan fingerprint density at radius 1 is 1.10 bits per heavy atom. The first-order valence-corrected chi connectivity index (χ1v) is 9.47. The lowest BCUT2D eigenvalue weighted by molar-refractivity contribution is 0.417. The number of nitrogen functional groups attached to an aromatic ring is 1. The third-order valence-corrected chi connectivity index (χ3v) is 4.51. The molecule has 0 saturated heterocycles. The van der Waals surface area contributed by atoms with Gasteiger partial charge < -0.3 is 20.2 Å². The van der Waals surface area contributed by atoms with E-state index in [0.717, 1.165) is 11.3 Å². The summed E-state index contributed by atoms with van der Waals surface area (Å²) in [6.07, 6.45) is 3.34. The molecule has 0 aliphatic carbocycles. The largest absolute Gasteiger partial charge is 0.495 e. The van der Waals surface area contributed by atoms with Gasteiger partial charge in [-0.1, -0.05) is 23.9 Å². The van der Waals surface area contributed by atoms with Crippen molar-refractivity contribution in [2.75, 3.05) is 18.2 Å². The van der Waals surface area contributed by atoms with E-state index in [4.69, 9.17) is 14.9 Å². The lowest BCUT2D eigenvalue weighted by Gasteiger charge is -2.10. The molecule has 3 aromatic heterocycles. The van der Waals surface area contributed by atoms with Gasteiger partial charge in [0, 0.05) is 12.4 Å². The van der Waals surface area contributed by atoms with Crippen LogP contribution in [0.1, 0.15) is 5.82 Å². The zero-order chi connectivity index (χ0) is 20.1. The van der Waals surface area contributed by atoms with Crippen molar-refractivity contribution < 1.29 is 9.15 Å². The van der Waals surface area contributed by atoms with Gasteiger partial charge in [-0.3, -0.25) is 4.98 Å². The highest BCUT2D eigenvalue weighted by Crippen LogP contribution is 2.27. The maximum absolute atomic E-state index is 5.83. The van der Waals surface area contributed by atoms with Crippen LogP contribution < -0.4 is 15.8 Å². The van der Waals surface area contributed by atoms with E-state index in [1.807, 2.05) is 30.3 Å². The van der Waals surface area contributed by atoms with Crippen molar-refractivity contribution in [2.24, 2.45) is 0 Å². The van der Waals surface area contributed by atoms with E-state index in [9.17, 15) is 0 Å². The number of pyridine rings is 1. The van der Waals surface area contributed by atoms with Crippen molar-refractivity contribution in [3.63, 3.8) is 0 Å². The molecule has 1 aromatic carbocycles. The third-order valence-electron chi connectivity index (χ3n) is 3.69. The molecule has 4 rings (SSSR count). The van der Waals surface area contributed by atoms with Crippen LogP contribution in [0.25, 0.3) is 11.5 Å². The average Bonchev–Trinajstić information content (AvgIpc) is 3.22. The molecule has 3 heterocycles. The smallest absolute Gasteiger partial charge is 0.277 e. The van der Waals surface area contributed by atoms with Gasteiger partial charge in [-0.2, -0.15) is 15.0 Å². The van der Waals surface area contributed by atoms with E-state index in [1.54, 1.807) is 25.6 Å². The van der Waals surface area contributed by atoms with Crippen LogP contribution in [0.5, 0.6) is 5.75 Å². The monoisotopic (exact) mass is 408 g/mol. The van der Waals surface area contributed by atoms with Crippen molar-refractivity contribution >= 4 is 29.3 Å². The molecule has 4 aromatic rings. The van der Waals surface area contributed by atoms with Crippen LogP contribution in [-0.2, 0) is 5.75 Å². The summed E-state index contributed by atoms with van der Waals surface area (Å²) in [5.41, 5.74) is 7.30. The average molecular weight is 408 g/mol. The lowest BCUT2D eigenvalue weighted by atomic mass is 10.3. The molecule has 0 aliphatic rings. The fourth-order valence-electron chi connectivity index (χ4n) is 2.43. The summed E-state index contributed by atoms with van der Waals surface area (Å²) < 4.78 is 11.0. The summed E-state index contributed by atoms with van der Waals surface area (Å²) in [6, 6.07) is 11.1. The second kappa shape index (κ2) is 8.52. The first-order valence-electron chi connectivity index (χ1n) is 8.48. The Labute approximate surface area is 170 Å². The number of thioether (sulfide) groups is 1. The molecule has 29 heavy (non-hydrogen) atoms. The molecule has 0 aliphatic heterocycles. The molecule has 146 valence electrons. The molecule has 11 heteroatoms. The van der Waals surface area contributed by atoms with E-state index >= 15 is 0 Å². The summed E-state index contributed by atoms with van der Waals surface area (Å²) >= 11 is 1.30. The van der Waals surface area contributed by atoms with Crippen molar-refractivity contribution in [3.05, 3.63) is 54.6 Å². The van der Waals surface area contributed by atoms with E-state index in [1.165, 1.54) is 11.8 Å². The molecule has 0 bridgehead atoms. The Hall–Kier alpha value is -3.73. The minimum atomic E-state index is 0.106. The first-order chi connectivity index (χ1) is 14.2. The van der Waals surface area contributed by atoms with Gasteiger partial charge in [0.25, 0.3) is 5.22 Å². The number of hydrogen-bond acceptors (Lipinski definition) is 11. The summed E-state index contributed by atoms with van der Waals surface area (Å²) in [4.78, 5) is 16.7. The number of rotatable bonds is 7. The predicted octanol–water partition coefficient (Wildman–Crippen LogP) is 2.94. The second-order valence-electron chi connectivity index (χ2n) is 5.66. The molecule has 0 unspecified atom stereocenters. The van der Waals surface area contributed by atoms with Crippen LogP contribution in [0, 0.1) is 0 Å². The minimum absolute atomic E-state index is 0.106. The van der Waals surface area contributed by atoms with E-state index in [-0.39, 0.29) is 5.95 Å². The van der Waals surface area contributed by atoms with Crippen LogP contribution in [0.15, 0.2) is 58.4 Å². The van der Waals surface area contributed by atoms with Crippen molar-refractivity contribution in [1.29, 1.82) is 0 Å². The number of nitrogens with two attached hydrogens (primary N) is 1. The molecule has 0 spiro atoms. The van der Waals surface area contributed by atoms with Gasteiger partial charge >= 0.3 is 0 Å². The minimum Gasteiger partial charge on any atom is -0.495 e. The summed E-state index contributed by atoms with van der Waals surface area (Å²) in [6.45, 7) is 0. The van der Waals surface area contributed by atoms with Gasteiger partial charge in [-0.15, -0.1) is 10.2 Å². The van der Waals surface area contributed by atoms with Crippen LogP contribution >= 0.6 is 11.8 Å². The molecule has 0 saturated carbocycles. The van der Waals surface area contributed by atoms with Gasteiger partial charge in [-0.25, -0.2) is 0 Å². The molecular weight excluding hydrogens is 392 g/mol. The number of benzene rings is 1. The highest BCUT2D eigenvalue weighted by Gasteiger charge is 2.12. The Bertz CT molecular complexity index is 1110. The zero-order valence-electron chi connectivity index (χ0n) is 15.3. The topological polar surface area (TPSA) is 138 Å². The van der Waals surface area contributed by atoms with Crippen molar-refractivity contribution in [3.8, 4) is 17.2 Å². The van der Waals surface area contributed by atoms with Crippen LogP contribution in [0.3, 0.4) is 0 Å². The Kier molecular flexibility index (Phi) is 5.47. The highest BCUT2D eigenvalue weighted by atomic mass is 32.2. The number of hydrogen-bond donors (Lipinski definition) is 2. The normalized spacial score (nSPS) is 10.7. The first kappa shape index (κ1) is 18.6. The molecule has 0 atom stereocenters. The molecule has 0 radical (unpaired) electrons. The van der Waals surface area contributed by atoms with Gasteiger partial charge in [0.05, 0.1) is 24.1 Å². The number of methoxy groups -OCH3 is 1. The fraction of sp³-hybridized carbons (Fsp3) is 0.111. The second-order valence-corrected chi connectivity index (χ2v) is 6.59. The molecule has 0 fully saturated rings. The highest BCUT2D eigenvalue weighted by molar-refractivity contribution is 7.98. The van der Waals surface area contributed by atoms with E-state index in [2.05, 4.69) is 35.5 Å². The Balaban J connectivity index is 1.46. The molecular formula is C18H16N8O2S. The standard InChI is InChI=1S/C18H16N8O2S/c1-27-13-7-3-2-6-12(13)21-17-23-14(22-16(19)24-17)10-29-18-26-25-15(28-18)11-5-4-8-20-9-11/h2-9H,10H2,1H3,(H3,19,21,22,23,24). The quantitative estimate of drug-likeness (QED) is 0.436. The van der Waals surface area contributed by atoms with Gasteiger partial charge in [0.1, 0.15) is 11.6 Å². The fourth-order valence-corrected chi connectivity index (χ4v) is 3.05. The van der Waals surface area contributed by atoms with E-state index in [0.29, 0.717) is 34.4 Å². The molecule has 3 N–H and O–H groups in total. The summed E-state index contributed by atoms with van der Waals surface area (Å²) in [5.74, 6) is 2.34. The lowest BCUT2D eigenvalue weighted by Crippen LogP contribution is -2.07. The van der Waals surface area contributed by atoms with Gasteiger partial charge in [0.2, 0.25) is 17.8 Å². The summed E-state index contributed by atoms with van der Waals surface area (Å²) in [5, 5.41) is 11.5.